The maximum absolute atomic E-state index is 10.3. The molecule has 0 saturated carbocycles. The maximum atomic E-state index is 10.3. The van der Waals surface area contributed by atoms with Gasteiger partial charge in [-0.25, -0.2) is 0 Å². The Kier molecular flexibility index (Phi) is 7.21. The molecular weight excluding hydrogens is 449 g/mol. The summed E-state index contributed by atoms with van der Waals surface area (Å²) in [5, 5.41) is 9.47. The molecule has 1 aliphatic rings. The number of aliphatic hydroxyl groups excluding tert-OH is 1. The summed E-state index contributed by atoms with van der Waals surface area (Å²) in [6.07, 6.45) is -2.67. The van der Waals surface area contributed by atoms with Crippen LogP contribution in [0.4, 0.5) is 0 Å². The molecule has 1 saturated heterocycles. The molecule has 15 heavy (non-hydrogen) atoms. The van der Waals surface area contributed by atoms with Crippen molar-refractivity contribution in [2.24, 2.45) is 0 Å². The normalized spacial score (nSPS) is 31.3. The van der Waals surface area contributed by atoms with Crippen LogP contribution < -0.4 is 9.79 Å². The van der Waals surface area contributed by atoms with E-state index in [1.165, 1.54) is 13.7 Å². The second kappa shape index (κ2) is 6.73. The molecule has 0 aromatic carbocycles. The zero-order valence-corrected chi connectivity index (χ0v) is 13.2. The third-order valence-electron chi connectivity index (χ3n) is 2.06. The summed E-state index contributed by atoms with van der Waals surface area (Å²) in [5.41, 5.74) is 0. The van der Waals surface area contributed by atoms with Gasteiger partial charge in [0.25, 0.3) is 0 Å². The third-order valence-corrected chi connectivity index (χ3v) is 2.87. The van der Waals surface area contributed by atoms with Gasteiger partial charge >= 0.3 is 0 Å². The first-order valence-corrected chi connectivity index (χ1v) is 5.87. The smallest absolute Gasteiger partial charge is 0.0774 e. The molecule has 1 aliphatic heterocycles. The number of aliphatic hydroxyl groups is 1. The Morgan fingerprint density at radius 3 is 2.60 bits per heavy atom. The van der Waals surface area contributed by atoms with Gasteiger partial charge in [0.2, 0.25) is 0 Å². The minimum atomic E-state index is -4.52. The molecule has 0 aromatic rings. The topological polar surface area (TPSA) is 102 Å². The zero-order chi connectivity index (χ0) is 10.8. The molecule has 0 radical (unpaired) electrons. The minimum Gasteiger partial charge on any atom is -0.811 e. The Balaban J connectivity index is 0.00000196. The molecule has 1 N–H and O–H groups in total. The number of hydrogen-bond acceptors (Lipinski definition) is 6. The summed E-state index contributed by atoms with van der Waals surface area (Å²) in [5.74, 6) is 0. The van der Waals surface area contributed by atoms with Gasteiger partial charge in [-0.15, -0.1) is 0 Å². The van der Waals surface area contributed by atoms with Gasteiger partial charge in [-0.1, -0.05) is 7.60 Å². The van der Waals surface area contributed by atoms with Gasteiger partial charge in [-0.2, -0.15) is 6.61 Å². The van der Waals surface area contributed by atoms with E-state index in [-0.39, 0.29) is 37.5 Å². The van der Waals surface area contributed by atoms with Crippen LogP contribution in [0.3, 0.4) is 0 Å². The fourth-order valence-electron chi connectivity index (χ4n) is 1.27. The molecule has 0 amide bonds. The van der Waals surface area contributed by atoms with E-state index < -0.39 is 32.1 Å². The van der Waals surface area contributed by atoms with Crippen LogP contribution in [0.1, 0.15) is 6.42 Å². The van der Waals surface area contributed by atoms with E-state index in [9.17, 15) is 19.5 Å². The average Bonchev–Trinajstić information content (AvgIpc) is 2.42. The third kappa shape index (κ3) is 5.29. The quantitative estimate of drug-likeness (QED) is 0.393. The number of rotatable bonds is 4. The van der Waals surface area contributed by atoms with Gasteiger partial charge in [0.15, 0.2) is 0 Å². The Morgan fingerprint density at radius 2 is 2.20 bits per heavy atom. The van der Waals surface area contributed by atoms with Gasteiger partial charge in [0.1, 0.15) is 0 Å². The van der Waals surface area contributed by atoms with E-state index in [0.717, 1.165) is 0 Å². The van der Waals surface area contributed by atoms with Crippen LogP contribution >= 0.6 is 7.60 Å². The van der Waals surface area contributed by atoms with Gasteiger partial charge in [0.05, 0.1) is 12.2 Å². The summed E-state index contributed by atoms with van der Waals surface area (Å²) >= 11 is 0. The molecule has 88 valence electrons. The molecule has 8 heteroatoms. The van der Waals surface area contributed by atoms with E-state index in [4.69, 9.17) is 9.47 Å². The second-order valence-electron chi connectivity index (χ2n) is 3.12. The van der Waals surface area contributed by atoms with Gasteiger partial charge < -0.3 is 28.9 Å². The average molecular weight is 461 g/mol. The molecule has 3 atom stereocenters. The molecule has 0 bridgehead atoms. The molecule has 0 aliphatic carbocycles. The van der Waals surface area contributed by atoms with Gasteiger partial charge in [-0.3, -0.25) is 0 Å². The summed E-state index contributed by atoms with van der Waals surface area (Å²) in [6, 6.07) is 0. The van der Waals surface area contributed by atoms with E-state index in [0.29, 0.717) is 0 Å². The van der Waals surface area contributed by atoms with Crippen molar-refractivity contribution in [1.29, 1.82) is 0 Å². The fourth-order valence-corrected chi connectivity index (χ4v) is 1.84. The van der Waals surface area contributed by atoms with Crippen LogP contribution in [-0.2, 0) is 14.0 Å². The van der Waals surface area contributed by atoms with Crippen molar-refractivity contribution in [3.05, 3.63) is 6.61 Å². The summed E-state index contributed by atoms with van der Waals surface area (Å²) in [4.78, 5) is 20.7. The number of hydrogen-bond donors (Lipinski definition) is 1. The SMILES string of the molecule is COC1[CH-]O[C@H](CCP(=O)([O-])[O-])[C@@H]1O.[U]. The Bertz CT molecular complexity index is 232. The van der Waals surface area contributed by atoms with Crippen LogP contribution in [0.25, 0.3) is 0 Å². The molecule has 6 nitrogen and oxygen atoms in total. The monoisotopic (exact) mass is 461 g/mol. The van der Waals surface area contributed by atoms with Crippen LogP contribution in [0.5, 0.6) is 0 Å². The first kappa shape index (κ1) is 16.1. The molecule has 1 fully saturated rings. The van der Waals surface area contributed by atoms with Crippen molar-refractivity contribution < 1.29 is 60.0 Å². The summed E-state index contributed by atoms with van der Waals surface area (Å²) in [7, 11) is -3.11. The predicted octanol–water partition coefficient (Wildman–Crippen LogP) is -1.77. The van der Waals surface area contributed by atoms with Crippen molar-refractivity contribution in [3.63, 3.8) is 0 Å². The van der Waals surface area contributed by atoms with Crippen molar-refractivity contribution in [2.75, 3.05) is 13.3 Å². The predicted molar refractivity (Wildman–Crippen MR) is 43.1 cm³/mol. The Morgan fingerprint density at radius 1 is 1.60 bits per heavy atom. The molecule has 1 rings (SSSR count). The van der Waals surface area contributed by atoms with E-state index in [2.05, 4.69) is 0 Å². The first-order valence-electron chi connectivity index (χ1n) is 4.15. The van der Waals surface area contributed by atoms with E-state index in [1.54, 1.807) is 0 Å². The maximum Gasteiger partial charge on any atom is 0.0774 e. The van der Waals surface area contributed by atoms with Gasteiger partial charge in [0, 0.05) is 38.2 Å². The Labute approximate surface area is 112 Å². The van der Waals surface area contributed by atoms with Crippen molar-refractivity contribution >= 4 is 7.60 Å². The standard InChI is InChI=1S/C7H14O6P.U/c1-12-6-4-13-5(7(6)8)2-3-14(9,10)11;/h4-8H,2-3H2,1H3,(H2,9,10,11);/q-1;/p-2/t5-,6?,7+;/m1./s1. The van der Waals surface area contributed by atoms with E-state index in [1.807, 2.05) is 0 Å². The van der Waals surface area contributed by atoms with Crippen LogP contribution in [-0.4, -0.2) is 36.7 Å². The molecule has 0 aromatic heterocycles. The van der Waals surface area contributed by atoms with Crippen LogP contribution in [0.2, 0.25) is 0 Å². The number of ether oxygens (including phenoxy) is 2. The second-order valence-corrected chi connectivity index (χ2v) is 4.79. The molecule has 1 unspecified atom stereocenters. The zero-order valence-electron chi connectivity index (χ0n) is 8.16. The molecule has 0 spiro atoms. The van der Waals surface area contributed by atoms with Crippen LogP contribution in [0.15, 0.2) is 0 Å². The summed E-state index contributed by atoms with van der Waals surface area (Å²) < 4.78 is 20.1. The van der Waals surface area contributed by atoms with Crippen molar-refractivity contribution in [1.82, 2.24) is 0 Å². The Hall–Kier alpha value is 1.08. The minimum absolute atomic E-state index is 0. The molecular formula is C7H12O6PU-3. The molecule has 1 heterocycles. The number of methoxy groups -OCH3 is 1. The fraction of sp³-hybridized carbons (Fsp3) is 0.857. The van der Waals surface area contributed by atoms with Crippen LogP contribution in [0, 0.1) is 37.7 Å². The van der Waals surface area contributed by atoms with Gasteiger partial charge in [-0.05, 0) is 18.7 Å². The first-order chi connectivity index (χ1) is 6.44. The van der Waals surface area contributed by atoms with Crippen molar-refractivity contribution in [2.45, 2.75) is 24.7 Å². The van der Waals surface area contributed by atoms with E-state index >= 15 is 0 Å². The largest absolute Gasteiger partial charge is 0.811 e. The summed E-state index contributed by atoms with van der Waals surface area (Å²) in [6.45, 7) is 1.30. The van der Waals surface area contributed by atoms with Crippen molar-refractivity contribution in [3.8, 4) is 0 Å².